The van der Waals surface area contributed by atoms with E-state index >= 15 is 0 Å². The summed E-state index contributed by atoms with van der Waals surface area (Å²) in [5.74, 6) is 1.88. The standard InChI is InChI=1S/C21H36N4OS.HI/c1-3-19-15-24-20(27-19)9-12-23-21(22-4-2)25-13-10-18(11-14-25)26-16-17-7-5-6-8-17;/h15,17-18H,3-14,16H2,1-2H3,(H,22,23);1H. The Balaban J connectivity index is 0.00000280. The van der Waals surface area contributed by atoms with Crippen LogP contribution in [0.2, 0.25) is 0 Å². The number of rotatable bonds is 8. The Bertz CT molecular complexity index is 581. The van der Waals surface area contributed by atoms with E-state index in [1.54, 1.807) is 0 Å². The van der Waals surface area contributed by atoms with Gasteiger partial charge >= 0.3 is 0 Å². The van der Waals surface area contributed by atoms with Gasteiger partial charge in [-0.25, -0.2) is 4.98 Å². The van der Waals surface area contributed by atoms with Crippen LogP contribution in [0, 0.1) is 5.92 Å². The van der Waals surface area contributed by atoms with Gasteiger partial charge in [-0.15, -0.1) is 35.3 Å². The summed E-state index contributed by atoms with van der Waals surface area (Å²) in [4.78, 5) is 13.1. The third-order valence-corrected chi connectivity index (χ3v) is 6.86. The molecule has 1 aromatic rings. The lowest BCUT2D eigenvalue weighted by Crippen LogP contribution is -2.47. The van der Waals surface area contributed by atoms with Gasteiger partial charge < -0.3 is 15.0 Å². The molecule has 3 rings (SSSR count). The Labute approximate surface area is 191 Å². The van der Waals surface area contributed by atoms with E-state index in [1.165, 1.54) is 35.6 Å². The van der Waals surface area contributed by atoms with Crippen LogP contribution in [0.5, 0.6) is 0 Å². The third-order valence-electron chi connectivity index (χ3n) is 5.66. The van der Waals surface area contributed by atoms with Crippen molar-refractivity contribution in [2.24, 2.45) is 10.9 Å². The number of aryl methyl sites for hydroxylation is 1. The fourth-order valence-electron chi connectivity index (χ4n) is 3.99. The number of nitrogens with one attached hydrogen (secondary N) is 1. The Hall–Kier alpha value is -0.410. The van der Waals surface area contributed by atoms with Crippen LogP contribution in [0.3, 0.4) is 0 Å². The molecule has 2 aliphatic rings. The summed E-state index contributed by atoms with van der Waals surface area (Å²) in [6, 6.07) is 0. The highest BCUT2D eigenvalue weighted by atomic mass is 127. The van der Waals surface area contributed by atoms with Gasteiger partial charge in [0.1, 0.15) is 0 Å². The summed E-state index contributed by atoms with van der Waals surface area (Å²) in [6.07, 6.45) is 12.2. The molecule has 1 N–H and O–H groups in total. The van der Waals surface area contributed by atoms with Crippen molar-refractivity contribution in [3.63, 3.8) is 0 Å². The number of hydrogen-bond acceptors (Lipinski definition) is 4. The second kappa shape index (κ2) is 13.0. The van der Waals surface area contributed by atoms with Crippen molar-refractivity contribution in [3.05, 3.63) is 16.1 Å². The van der Waals surface area contributed by atoms with Crippen LogP contribution < -0.4 is 5.32 Å². The molecule has 1 aliphatic carbocycles. The number of likely N-dealkylation sites (tertiary alicyclic amines) is 1. The van der Waals surface area contributed by atoms with E-state index in [9.17, 15) is 0 Å². The highest BCUT2D eigenvalue weighted by molar-refractivity contribution is 14.0. The highest BCUT2D eigenvalue weighted by Gasteiger charge is 2.23. The Morgan fingerprint density at radius 3 is 2.64 bits per heavy atom. The number of ether oxygens (including phenoxy) is 1. The van der Waals surface area contributed by atoms with E-state index in [-0.39, 0.29) is 24.0 Å². The van der Waals surface area contributed by atoms with Crippen molar-refractivity contribution in [2.75, 3.05) is 32.8 Å². The zero-order chi connectivity index (χ0) is 18.9. The summed E-state index contributed by atoms with van der Waals surface area (Å²) in [5.41, 5.74) is 0. The van der Waals surface area contributed by atoms with Crippen LogP contribution >= 0.6 is 35.3 Å². The van der Waals surface area contributed by atoms with Crippen LogP contribution in [0.15, 0.2) is 11.2 Å². The summed E-state index contributed by atoms with van der Waals surface area (Å²) < 4.78 is 6.21. The number of aromatic nitrogens is 1. The average Bonchev–Trinajstić information content (AvgIpc) is 3.38. The van der Waals surface area contributed by atoms with Crippen molar-refractivity contribution < 1.29 is 4.74 Å². The Morgan fingerprint density at radius 1 is 1.25 bits per heavy atom. The first kappa shape index (κ1) is 23.9. The van der Waals surface area contributed by atoms with Gasteiger partial charge in [0.2, 0.25) is 0 Å². The molecular formula is C21H37IN4OS. The van der Waals surface area contributed by atoms with E-state index in [2.05, 4.69) is 29.0 Å². The molecule has 1 saturated carbocycles. The molecule has 2 fully saturated rings. The van der Waals surface area contributed by atoms with Gasteiger partial charge in [-0.3, -0.25) is 4.99 Å². The molecular weight excluding hydrogens is 483 g/mol. The van der Waals surface area contributed by atoms with Gasteiger partial charge in [0, 0.05) is 50.3 Å². The molecule has 0 unspecified atom stereocenters. The number of halogens is 1. The fraction of sp³-hybridized carbons (Fsp3) is 0.810. The molecule has 2 heterocycles. The number of nitrogens with zero attached hydrogens (tertiary/aromatic N) is 3. The average molecular weight is 521 g/mol. The second-order valence-electron chi connectivity index (χ2n) is 7.73. The maximum Gasteiger partial charge on any atom is 0.193 e. The second-order valence-corrected chi connectivity index (χ2v) is 8.93. The molecule has 1 saturated heterocycles. The molecule has 1 aromatic heterocycles. The van der Waals surface area contributed by atoms with Crippen LogP contribution in [-0.2, 0) is 17.6 Å². The van der Waals surface area contributed by atoms with Crippen LogP contribution in [0.1, 0.15) is 62.3 Å². The molecule has 160 valence electrons. The van der Waals surface area contributed by atoms with E-state index in [0.717, 1.165) is 70.3 Å². The number of piperidine rings is 1. The molecule has 0 atom stereocenters. The topological polar surface area (TPSA) is 49.8 Å². The summed E-state index contributed by atoms with van der Waals surface area (Å²) >= 11 is 1.82. The van der Waals surface area contributed by atoms with Crippen LogP contribution in [-0.4, -0.2) is 54.7 Å². The number of aliphatic imine (C=N–C) groups is 1. The minimum atomic E-state index is 0. The number of guanidine groups is 1. The SMILES string of the molecule is CCNC(=NCCc1ncc(CC)s1)N1CCC(OCC2CCCC2)CC1.I. The minimum Gasteiger partial charge on any atom is -0.378 e. The van der Waals surface area contributed by atoms with E-state index < -0.39 is 0 Å². The molecule has 1 aliphatic heterocycles. The number of thiazole rings is 1. The molecule has 0 spiro atoms. The molecule has 0 bridgehead atoms. The molecule has 0 radical (unpaired) electrons. The lowest BCUT2D eigenvalue weighted by atomic mass is 10.1. The first-order chi connectivity index (χ1) is 13.3. The van der Waals surface area contributed by atoms with Crippen molar-refractivity contribution in [1.29, 1.82) is 0 Å². The predicted molar refractivity (Wildman–Crippen MR) is 129 cm³/mol. The van der Waals surface area contributed by atoms with Gasteiger partial charge in [-0.1, -0.05) is 19.8 Å². The maximum absolute atomic E-state index is 6.21. The fourth-order valence-corrected chi connectivity index (χ4v) is 4.84. The van der Waals surface area contributed by atoms with Crippen molar-refractivity contribution >= 4 is 41.3 Å². The quantitative estimate of drug-likeness (QED) is 0.312. The monoisotopic (exact) mass is 520 g/mol. The predicted octanol–water partition coefficient (Wildman–Crippen LogP) is 4.50. The van der Waals surface area contributed by atoms with E-state index in [0.29, 0.717) is 6.10 Å². The largest absolute Gasteiger partial charge is 0.378 e. The number of hydrogen-bond donors (Lipinski definition) is 1. The lowest BCUT2D eigenvalue weighted by molar-refractivity contribution is 0.00102. The summed E-state index contributed by atoms with van der Waals surface area (Å²) in [7, 11) is 0. The van der Waals surface area contributed by atoms with Gasteiger partial charge in [-0.05, 0) is 44.9 Å². The molecule has 7 heteroatoms. The lowest BCUT2D eigenvalue weighted by Gasteiger charge is -2.34. The molecule has 28 heavy (non-hydrogen) atoms. The minimum absolute atomic E-state index is 0. The van der Waals surface area contributed by atoms with Gasteiger partial charge in [-0.2, -0.15) is 0 Å². The molecule has 5 nitrogen and oxygen atoms in total. The first-order valence-electron chi connectivity index (χ1n) is 10.9. The summed E-state index contributed by atoms with van der Waals surface area (Å²) in [6.45, 7) is 9.09. The third kappa shape index (κ3) is 7.44. The zero-order valence-electron chi connectivity index (χ0n) is 17.5. The van der Waals surface area contributed by atoms with Crippen LogP contribution in [0.4, 0.5) is 0 Å². The Morgan fingerprint density at radius 2 is 2.00 bits per heavy atom. The van der Waals surface area contributed by atoms with Gasteiger partial charge in [0.25, 0.3) is 0 Å². The Kier molecular flexibility index (Phi) is 11.1. The van der Waals surface area contributed by atoms with Crippen molar-refractivity contribution in [1.82, 2.24) is 15.2 Å². The molecule has 0 amide bonds. The van der Waals surface area contributed by atoms with Crippen LogP contribution in [0.25, 0.3) is 0 Å². The molecule has 0 aromatic carbocycles. The van der Waals surface area contributed by atoms with E-state index in [1.807, 2.05) is 17.5 Å². The normalized spacial score (nSPS) is 19.1. The zero-order valence-corrected chi connectivity index (χ0v) is 20.6. The van der Waals surface area contributed by atoms with E-state index in [4.69, 9.17) is 9.73 Å². The van der Waals surface area contributed by atoms with Crippen molar-refractivity contribution in [2.45, 2.75) is 71.3 Å². The summed E-state index contributed by atoms with van der Waals surface area (Å²) in [5, 5.41) is 4.66. The van der Waals surface area contributed by atoms with Gasteiger partial charge in [0.05, 0.1) is 11.1 Å². The van der Waals surface area contributed by atoms with Gasteiger partial charge in [0.15, 0.2) is 5.96 Å². The van der Waals surface area contributed by atoms with Crippen molar-refractivity contribution in [3.8, 4) is 0 Å². The first-order valence-corrected chi connectivity index (χ1v) is 11.7. The highest BCUT2D eigenvalue weighted by Crippen LogP contribution is 2.26. The smallest absolute Gasteiger partial charge is 0.193 e. The maximum atomic E-state index is 6.21.